The number of hydrogen-bond donors (Lipinski definition) is 2. The normalized spacial score (nSPS) is 21.7. The van der Waals surface area contributed by atoms with Crippen molar-refractivity contribution in [1.82, 2.24) is 10.2 Å². The number of aromatic amines is 1. The maximum absolute atomic E-state index is 12.4. The van der Waals surface area contributed by atoms with E-state index in [0.29, 0.717) is 0 Å². The fourth-order valence-electron chi connectivity index (χ4n) is 2.69. The van der Waals surface area contributed by atoms with Crippen LogP contribution < -0.4 is 5.32 Å². The minimum absolute atomic E-state index is 0.0726. The zero-order valence-electron chi connectivity index (χ0n) is 10.9. The van der Waals surface area contributed by atoms with Crippen LogP contribution in [0.5, 0.6) is 0 Å². The smallest absolute Gasteiger partial charge is 0.230 e. The summed E-state index contributed by atoms with van der Waals surface area (Å²) in [5.41, 5.74) is 3.05. The molecule has 1 unspecified atom stereocenters. The maximum atomic E-state index is 12.4. The third-order valence-electron chi connectivity index (χ3n) is 3.95. The summed E-state index contributed by atoms with van der Waals surface area (Å²) in [4.78, 5) is 12.4. The molecule has 4 nitrogen and oxygen atoms in total. The van der Waals surface area contributed by atoms with Crippen molar-refractivity contribution < 1.29 is 4.79 Å². The average molecular weight is 255 g/mol. The van der Waals surface area contributed by atoms with Gasteiger partial charge >= 0.3 is 0 Å². The minimum atomic E-state index is -0.342. The van der Waals surface area contributed by atoms with Crippen LogP contribution in [0, 0.1) is 5.41 Å². The average Bonchev–Trinajstić information content (AvgIpc) is 2.91. The molecule has 0 saturated carbocycles. The molecule has 1 amide bonds. The van der Waals surface area contributed by atoms with Gasteiger partial charge in [-0.3, -0.25) is 9.89 Å². The van der Waals surface area contributed by atoms with Crippen molar-refractivity contribution >= 4 is 11.6 Å². The molecule has 1 heterocycles. The van der Waals surface area contributed by atoms with Crippen LogP contribution in [-0.2, 0) is 17.6 Å². The molecule has 0 saturated heterocycles. The molecule has 0 radical (unpaired) electrons. The summed E-state index contributed by atoms with van der Waals surface area (Å²) < 4.78 is 0. The molecule has 1 aromatic heterocycles. The van der Waals surface area contributed by atoms with Gasteiger partial charge in [0.25, 0.3) is 0 Å². The predicted molar refractivity (Wildman–Crippen MR) is 73.8 cm³/mol. The number of H-pyrrole nitrogens is 1. The predicted octanol–water partition coefficient (Wildman–Crippen LogP) is 2.54. The van der Waals surface area contributed by atoms with Crippen molar-refractivity contribution in [2.45, 2.75) is 26.2 Å². The lowest BCUT2D eigenvalue weighted by molar-refractivity contribution is -0.125. The maximum Gasteiger partial charge on any atom is 0.230 e. The molecule has 0 spiro atoms. The van der Waals surface area contributed by atoms with E-state index in [9.17, 15) is 4.79 Å². The summed E-state index contributed by atoms with van der Waals surface area (Å²) >= 11 is 0. The molecular formula is C15H17N3O. The summed E-state index contributed by atoms with van der Waals surface area (Å²) in [6.45, 7) is 2.04. The van der Waals surface area contributed by atoms with E-state index >= 15 is 0 Å². The zero-order valence-corrected chi connectivity index (χ0v) is 10.9. The number of fused-ring (bicyclic) bond motifs is 1. The molecule has 0 fully saturated rings. The molecule has 1 aliphatic carbocycles. The SMILES string of the molecule is CC1(C(=O)Nc2cn[nH]c2)CCc2ccccc2C1. The summed E-state index contributed by atoms with van der Waals surface area (Å²) in [6, 6.07) is 8.38. The van der Waals surface area contributed by atoms with Crippen molar-refractivity contribution in [3.63, 3.8) is 0 Å². The van der Waals surface area contributed by atoms with Crippen molar-refractivity contribution in [3.05, 3.63) is 47.8 Å². The fourth-order valence-corrected chi connectivity index (χ4v) is 2.69. The van der Waals surface area contributed by atoms with Crippen LogP contribution in [0.25, 0.3) is 0 Å². The highest BCUT2D eigenvalue weighted by molar-refractivity contribution is 5.95. The van der Waals surface area contributed by atoms with Crippen LogP contribution in [0.4, 0.5) is 5.69 Å². The Morgan fingerprint density at radius 3 is 2.89 bits per heavy atom. The number of anilines is 1. The molecule has 2 aromatic rings. The largest absolute Gasteiger partial charge is 0.323 e. The highest BCUT2D eigenvalue weighted by atomic mass is 16.2. The summed E-state index contributed by atoms with van der Waals surface area (Å²) in [5.74, 6) is 0.0726. The first-order valence-corrected chi connectivity index (χ1v) is 6.54. The number of benzene rings is 1. The Kier molecular flexibility index (Phi) is 2.85. The molecule has 1 atom stereocenters. The second-order valence-corrected chi connectivity index (χ2v) is 5.45. The standard InChI is InChI=1S/C15H17N3O/c1-15(14(19)18-13-9-16-17-10-13)7-6-11-4-2-3-5-12(11)8-15/h2-5,9-10H,6-8H2,1H3,(H,16,17)(H,18,19). The van der Waals surface area contributed by atoms with Crippen LogP contribution in [0.3, 0.4) is 0 Å². The Morgan fingerprint density at radius 2 is 2.16 bits per heavy atom. The number of aryl methyl sites for hydroxylation is 1. The molecule has 2 N–H and O–H groups in total. The molecule has 1 aromatic carbocycles. The molecule has 3 rings (SSSR count). The van der Waals surface area contributed by atoms with E-state index in [2.05, 4.69) is 33.7 Å². The number of rotatable bonds is 2. The Hall–Kier alpha value is -2.10. The van der Waals surface area contributed by atoms with E-state index in [4.69, 9.17) is 0 Å². The van der Waals surface area contributed by atoms with Gasteiger partial charge in [-0.25, -0.2) is 0 Å². The molecule has 19 heavy (non-hydrogen) atoms. The lowest BCUT2D eigenvalue weighted by atomic mass is 9.72. The van der Waals surface area contributed by atoms with Crippen molar-refractivity contribution in [1.29, 1.82) is 0 Å². The Balaban J connectivity index is 1.79. The van der Waals surface area contributed by atoms with Gasteiger partial charge in [0.1, 0.15) is 0 Å². The highest BCUT2D eigenvalue weighted by Crippen LogP contribution is 2.36. The minimum Gasteiger partial charge on any atom is -0.323 e. The molecule has 98 valence electrons. The van der Waals surface area contributed by atoms with E-state index in [1.54, 1.807) is 12.4 Å². The van der Waals surface area contributed by atoms with Crippen LogP contribution in [0.2, 0.25) is 0 Å². The zero-order chi connectivity index (χ0) is 13.3. The highest BCUT2D eigenvalue weighted by Gasteiger charge is 2.36. The van der Waals surface area contributed by atoms with Crippen molar-refractivity contribution in [3.8, 4) is 0 Å². The monoisotopic (exact) mass is 255 g/mol. The number of carbonyl (C=O) groups is 1. The van der Waals surface area contributed by atoms with Crippen molar-refractivity contribution in [2.75, 3.05) is 5.32 Å². The molecule has 4 heteroatoms. The van der Waals surface area contributed by atoms with E-state index in [0.717, 1.165) is 24.9 Å². The number of carbonyl (C=O) groups excluding carboxylic acids is 1. The summed E-state index contributed by atoms with van der Waals surface area (Å²) in [7, 11) is 0. The Morgan fingerprint density at radius 1 is 1.37 bits per heavy atom. The van der Waals surface area contributed by atoms with Gasteiger partial charge in [0.2, 0.25) is 5.91 Å². The molecular weight excluding hydrogens is 238 g/mol. The quantitative estimate of drug-likeness (QED) is 0.866. The first kappa shape index (κ1) is 12.0. The third kappa shape index (κ3) is 2.26. The van der Waals surface area contributed by atoms with Gasteiger partial charge in [-0.1, -0.05) is 31.2 Å². The van der Waals surface area contributed by atoms with Crippen LogP contribution in [0.1, 0.15) is 24.5 Å². The lowest BCUT2D eigenvalue weighted by Gasteiger charge is -2.33. The number of aromatic nitrogens is 2. The van der Waals surface area contributed by atoms with E-state index in [1.807, 2.05) is 13.0 Å². The van der Waals surface area contributed by atoms with Crippen LogP contribution >= 0.6 is 0 Å². The van der Waals surface area contributed by atoms with Crippen LogP contribution in [-0.4, -0.2) is 16.1 Å². The van der Waals surface area contributed by atoms with Gasteiger partial charge in [0, 0.05) is 6.20 Å². The van der Waals surface area contributed by atoms with Gasteiger partial charge in [0.15, 0.2) is 0 Å². The van der Waals surface area contributed by atoms with Gasteiger partial charge in [-0.2, -0.15) is 5.10 Å². The summed E-state index contributed by atoms with van der Waals surface area (Å²) in [5, 5.41) is 9.47. The first-order chi connectivity index (χ1) is 9.17. The summed E-state index contributed by atoms with van der Waals surface area (Å²) in [6.07, 6.45) is 5.96. The van der Waals surface area contributed by atoms with E-state index in [-0.39, 0.29) is 11.3 Å². The van der Waals surface area contributed by atoms with E-state index < -0.39 is 0 Å². The fraction of sp³-hybridized carbons (Fsp3) is 0.333. The van der Waals surface area contributed by atoms with Crippen LogP contribution in [0.15, 0.2) is 36.7 Å². The lowest BCUT2D eigenvalue weighted by Crippen LogP contribution is -2.38. The van der Waals surface area contributed by atoms with Gasteiger partial charge < -0.3 is 5.32 Å². The van der Waals surface area contributed by atoms with Gasteiger partial charge in [-0.15, -0.1) is 0 Å². The third-order valence-corrected chi connectivity index (χ3v) is 3.95. The topological polar surface area (TPSA) is 57.8 Å². The molecule has 1 aliphatic rings. The first-order valence-electron chi connectivity index (χ1n) is 6.54. The number of hydrogen-bond acceptors (Lipinski definition) is 2. The number of nitrogens with one attached hydrogen (secondary N) is 2. The second-order valence-electron chi connectivity index (χ2n) is 5.45. The molecule has 0 aliphatic heterocycles. The Bertz CT molecular complexity index is 591. The Labute approximate surface area is 112 Å². The second kappa shape index (κ2) is 4.53. The van der Waals surface area contributed by atoms with Crippen molar-refractivity contribution in [2.24, 2.45) is 5.41 Å². The van der Waals surface area contributed by atoms with Gasteiger partial charge in [-0.05, 0) is 30.4 Å². The number of nitrogens with zero attached hydrogens (tertiary/aromatic N) is 1. The number of amides is 1. The van der Waals surface area contributed by atoms with Gasteiger partial charge in [0.05, 0.1) is 17.3 Å². The molecule has 0 bridgehead atoms. The van der Waals surface area contributed by atoms with E-state index in [1.165, 1.54) is 11.1 Å².